The van der Waals surface area contributed by atoms with Gasteiger partial charge in [0.2, 0.25) is 0 Å². The minimum absolute atomic E-state index is 0.275. The Morgan fingerprint density at radius 3 is 2.35 bits per heavy atom. The van der Waals surface area contributed by atoms with E-state index in [9.17, 15) is 5.11 Å². The van der Waals surface area contributed by atoms with Crippen molar-refractivity contribution in [2.24, 2.45) is 0 Å². The molecular formula is C18H32N4O. The molecule has 0 radical (unpaired) electrons. The summed E-state index contributed by atoms with van der Waals surface area (Å²) in [6.45, 7) is 16.3. The molecule has 1 aromatic heterocycles. The maximum Gasteiger partial charge on any atom is 0.133 e. The molecule has 1 aromatic rings. The van der Waals surface area contributed by atoms with Gasteiger partial charge >= 0.3 is 0 Å². The minimum atomic E-state index is -0.275. The van der Waals surface area contributed by atoms with E-state index in [0.29, 0.717) is 17.9 Å². The fourth-order valence-electron chi connectivity index (χ4n) is 3.00. The van der Waals surface area contributed by atoms with Crippen molar-refractivity contribution >= 4 is 5.82 Å². The lowest BCUT2D eigenvalue weighted by atomic mass is 10.1. The lowest BCUT2D eigenvalue weighted by Crippen LogP contribution is -2.53. The molecule has 0 saturated carbocycles. The highest BCUT2D eigenvalue weighted by molar-refractivity contribution is 5.42. The number of piperazine rings is 1. The normalized spacial score (nSPS) is 21.3. The molecule has 0 aliphatic carbocycles. The van der Waals surface area contributed by atoms with Crippen LogP contribution in [0.2, 0.25) is 0 Å². The Hall–Kier alpha value is -1.20. The van der Waals surface area contributed by atoms with Crippen molar-refractivity contribution in [1.82, 2.24) is 14.9 Å². The predicted molar refractivity (Wildman–Crippen MR) is 95.1 cm³/mol. The van der Waals surface area contributed by atoms with Gasteiger partial charge < -0.3 is 10.0 Å². The van der Waals surface area contributed by atoms with Gasteiger partial charge in [-0.25, -0.2) is 9.97 Å². The van der Waals surface area contributed by atoms with Crippen LogP contribution in [0.5, 0.6) is 0 Å². The van der Waals surface area contributed by atoms with Crippen molar-refractivity contribution in [3.05, 3.63) is 17.6 Å². The van der Waals surface area contributed by atoms with Crippen molar-refractivity contribution in [1.29, 1.82) is 0 Å². The van der Waals surface area contributed by atoms with Crippen LogP contribution in [0.4, 0.5) is 5.82 Å². The molecule has 130 valence electrons. The molecule has 2 rings (SSSR count). The summed E-state index contributed by atoms with van der Waals surface area (Å²) in [5.74, 6) is 2.73. The van der Waals surface area contributed by atoms with Crippen molar-refractivity contribution < 1.29 is 5.11 Å². The van der Waals surface area contributed by atoms with Crippen LogP contribution in [-0.2, 0) is 0 Å². The molecule has 5 nitrogen and oxygen atoms in total. The van der Waals surface area contributed by atoms with Crippen LogP contribution in [0, 0.1) is 0 Å². The molecule has 1 aliphatic rings. The van der Waals surface area contributed by atoms with Gasteiger partial charge in [0.05, 0.1) is 6.10 Å². The lowest BCUT2D eigenvalue weighted by Gasteiger charge is -2.41. The number of nitrogens with zero attached hydrogens (tertiary/aromatic N) is 4. The van der Waals surface area contributed by atoms with Crippen molar-refractivity contribution in [2.75, 3.05) is 31.1 Å². The summed E-state index contributed by atoms with van der Waals surface area (Å²) in [5, 5.41) is 9.62. The highest BCUT2D eigenvalue weighted by Gasteiger charge is 2.26. The van der Waals surface area contributed by atoms with Crippen LogP contribution >= 0.6 is 0 Å². The van der Waals surface area contributed by atoms with E-state index in [2.05, 4.69) is 50.5 Å². The molecule has 1 aliphatic heterocycles. The average molecular weight is 320 g/mol. The van der Waals surface area contributed by atoms with E-state index in [4.69, 9.17) is 9.97 Å². The number of β-amino-alcohol motifs (C(OH)–C–C–N with tert-alkyl or cyclic N) is 1. The molecule has 1 saturated heterocycles. The highest BCUT2D eigenvalue weighted by Crippen LogP contribution is 2.24. The molecule has 0 unspecified atom stereocenters. The second-order valence-electron chi connectivity index (χ2n) is 7.46. The van der Waals surface area contributed by atoms with Gasteiger partial charge in [-0.15, -0.1) is 0 Å². The second-order valence-corrected chi connectivity index (χ2v) is 7.46. The zero-order valence-electron chi connectivity index (χ0n) is 15.5. The molecule has 0 aromatic carbocycles. The first-order chi connectivity index (χ1) is 10.8. The highest BCUT2D eigenvalue weighted by atomic mass is 16.3. The lowest BCUT2D eigenvalue weighted by molar-refractivity contribution is 0.0958. The molecule has 0 spiro atoms. The van der Waals surface area contributed by atoms with E-state index in [1.807, 2.05) is 6.92 Å². The van der Waals surface area contributed by atoms with Crippen molar-refractivity contribution in [3.8, 4) is 0 Å². The molecule has 1 fully saturated rings. The first-order valence-corrected chi connectivity index (χ1v) is 8.83. The molecule has 2 atom stereocenters. The van der Waals surface area contributed by atoms with Crippen LogP contribution in [0.15, 0.2) is 6.07 Å². The van der Waals surface area contributed by atoms with Crippen LogP contribution in [0.1, 0.15) is 64.9 Å². The van der Waals surface area contributed by atoms with Gasteiger partial charge in [0, 0.05) is 49.9 Å². The summed E-state index contributed by atoms with van der Waals surface area (Å²) in [4.78, 5) is 14.2. The first kappa shape index (κ1) is 18.1. The molecule has 1 N–H and O–H groups in total. The third-order valence-electron chi connectivity index (χ3n) is 4.45. The van der Waals surface area contributed by atoms with E-state index in [0.717, 1.165) is 43.5 Å². The van der Waals surface area contributed by atoms with E-state index in [1.165, 1.54) is 0 Å². The van der Waals surface area contributed by atoms with Crippen molar-refractivity contribution in [3.63, 3.8) is 0 Å². The van der Waals surface area contributed by atoms with Crippen LogP contribution in [0.3, 0.4) is 0 Å². The maximum atomic E-state index is 9.62. The number of aromatic nitrogens is 2. The van der Waals surface area contributed by atoms with Crippen LogP contribution in [0.25, 0.3) is 0 Å². The Morgan fingerprint density at radius 2 is 1.83 bits per heavy atom. The summed E-state index contributed by atoms with van der Waals surface area (Å²) < 4.78 is 0. The fraction of sp³-hybridized carbons (Fsp3) is 0.778. The van der Waals surface area contributed by atoms with Crippen LogP contribution in [-0.4, -0.2) is 58.3 Å². The zero-order valence-corrected chi connectivity index (χ0v) is 15.5. The Labute approximate surface area is 140 Å². The quantitative estimate of drug-likeness (QED) is 0.904. The van der Waals surface area contributed by atoms with Gasteiger partial charge in [-0.3, -0.25) is 4.90 Å². The molecular weight excluding hydrogens is 288 g/mol. The van der Waals surface area contributed by atoms with Gasteiger partial charge in [-0.1, -0.05) is 27.7 Å². The maximum absolute atomic E-state index is 9.62. The number of aliphatic hydroxyl groups excluding tert-OH is 1. The summed E-state index contributed by atoms with van der Waals surface area (Å²) in [7, 11) is 0. The fourth-order valence-corrected chi connectivity index (χ4v) is 3.00. The van der Waals surface area contributed by atoms with Crippen LogP contribution < -0.4 is 4.90 Å². The monoisotopic (exact) mass is 320 g/mol. The van der Waals surface area contributed by atoms with E-state index in [1.54, 1.807) is 0 Å². The number of aliphatic hydroxyl groups is 1. The van der Waals surface area contributed by atoms with Gasteiger partial charge in [0.25, 0.3) is 0 Å². The number of rotatable bonds is 5. The largest absolute Gasteiger partial charge is 0.392 e. The third kappa shape index (κ3) is 4.64. The number of hydrogen-bond acceptors (Lipinski definition) is 5. The standard InChI is InChI=1S/C18H32N4O/c1-12(2)16-9-17(20-18(19-16)13(3)4)22-8-7-21(11-15(6)23)14(5)10-22/h9,12-15,23H,7-8,10-11H2,1-6H3/t14-,15-/m0/s1. The molecule has 0 amide bonds. The van der Waals surface area contributed by atoms with Gasteiger partial charge in [0.15, 0.2) is 0 Å². The van der Waals surface area contributed by atoms with Crippen molar-refractivity contribution in [2.45, 2.75) is 65.5 Å². The third-order valence-corrected chi connectivity index (χ3v) is 4.45. The Kier molecular flexibility index (Phi) is 5.98. The predicted octanol–water partition coefficient (Wildman–Crippen LogP) is 2.61. The molecule has 2 heterocycles. The van der Waals surface area contributed by atoms with E-state index in [-0.39, 0.29) is 6.10 Å². The Bertz CT molecular complexity index is 489. The zero-order chi connectivity index (χ0) is 17.1. The Balaban J connectivity index is 2.19. The summed E-state index contributed by atoms with van der Waals surface area (Å²) in [6.07, 6.45) is -0.275. The topological polar surface area (TPSA) is 52.5 Å². The summed E-state index contributed by atoms with van der Waals surface area (Å²) in [5.41, 5.74) is 1.12. The number of hydrogen-bond donors (Lipinski definition) is 1. The summed E-state index contributed by atoms with van der Waals surface area (Å²) >= 11 is 0. The molecule has 0 bridgehead atoms. The molecule has 5 heteroatoms. The SMILES string of the molecule is CC(C)c1cc(N2CCN(C[C@H](C)O)[C@@H](C)C2)nc(C(C)C)n1. The number of anilines is 1. The smallest absolute Gasteiger partial charge is 0.133 e. The van der Waals surface area contributed by atoms with Gasteiger partial charge in [0.1, 0.15) is 11.6 Å². The first-order valence-electron chi connectivity index (χ1n) is 8.83. The van der Waals surface area contributed by atoms with Gasteiger partial charge in [-0.2, -0.15) is 0 Å². The van der Waals surface area contributed by atoms with E-state index >= 15 is 0 Å². The van der Waals surface area contributed by atoms with Gasteiger partial charge in [-0.05, 0) is 19.8 Å². The van der Waals surface area contributed by atoms with E-state index < -0.39 is 0 Å². The average Bonchev–Trinajstić information content (AvgIpc) is 2.48. The summed E-state index contributed by atoms with van der Waals surface area (Å²) in [6, 6.07) is 2.56. The Morgan fingerprint density at radius 1 is 1.13 bits per heavy atom. The molecule has 23 heavy (non-hydrogen) atoms. The minimum Gasteiger partial charge on any atom is -0.392 e. The second kappa shape index (κ2) is 7.58.